The minimum atomic E-state index is 0.627. The van der Waals surface area contributed by atoms with Crippen molar-refractivity contribution in [2.75, 3.05) is 53.6 Å². The maximum Gasteiger partial charge on any atom is 0.193 e. The number of rotatable bonds is 12. The van der Waals surface area contributed by atoms with Gasteiger partial charge in [0.2, 0.25) is 0 Å². The second-order valence-corrected chi connectivity index (χ2v) is 6.81. The fraction of sp³-hybridized carbons (Fsp3) is 0.667. The van der Waals surface area contributed by atoms with Gasteiger partial charge in [-0.15, -0.1) is 0 Å². The fourth-order valence-electron chi connectivity index (χ4n) is 2.80. The smallest absolute Gasteiger partial charge is 0.193 e. The zero-order valence-corrected chi connectivity index (χ0v) is 17.3. The van der Waals surface area contributed by atoms with Gasteiger partial charge in [-0.2, -0.15) is 0 Å². The molecule has 152 valence electrons. The zero-order chi connectivity index (χ0) is 19.5. The van der Waals surface area contributed by atoms with Crippen LogP contribution in [-0.2, 0) is 11.2 Å². The Morgan fingerprint density at radius 3 is 2.59 bits per heavy atom. The van der Waals surface area contributed by atoms with E-state index in [0.29, 0.717) is 13.2 Å². The van der Waals surface area contributed by atoms with E-state index < -0.39 is 0 Å². The highest BCUT2D eigenvalue weighted by molar-refractivity contribution is 5.79. The molecule has 1 aromatic rings. The summed E-state index contributed by atoms with van der Waals surface area (Å²) in [4.78, 5) is 6.47. The van der Waals surface area contributed by atoms with E-state index in [1.807, 2.05) is 34.0 Å². The van der Waals surface area contributed by atoms with Crippen molar-refractivity contribution in [1.82, 2.24) is 10.2 Å². The van der Waals surface area contributed by atoms with E-state index in [4.69, 9.17) is 14.2 Å². The highest BCUT2D eigenvalue weighted by Gasteiger charge is 2.21. The molecule has 0 saturated heterocycles. The number of ether oxygens (including phenoxy) is 3. The van der Waals surface area contributed by atoms with E-state index in [1.165, 1.54) is 18.4 Å². The molecular formula is C21H35N3O3. The van der Waals surface area contributed by atoms with Crippen LogP contribution < -0.4 is 14.8 Å². The Hall–Kier alpha value is -1.95. The van der Waals surface area contributed by atoms with Crippen molar-refractivity contribution in [2.45, 2.75) is 33.1 Å². The van der Waals surface area contributed by atoms with Gasteiger partial charge in [0.05, 0.1) is 19.8 Å². The topological polar surface area (TPSA) is 55.3 Å². The van der Waals surface area contributed by atoms with Gasteiger partial charge in [-0.05, 0) is 56.7 Å². The van der Waals surface area contributed by atoms with E-state index >= 15 is 0 Å². The van der Waals surface area contributed by atoms with E-state index in [9.17, 15) is 0 Å². The molecule has 1 saturated carbocycles. The Bertz CT molecular complexity index is 588. The molecule has 1 aliphatic carbocycles. The van der Waals surface area contributed by atoms with Crippen molar-refractivity contribution < 1.29 is 14.2 Å². The maximum absolute atomic E-state index is 5.71. The summed E-state index contributed by atoms with van der Waals surface area (Å²) in [6.07, 6.45) is 3.54. The number of benzene rings is 1. The third-order valence-electron chi connectivity index (χ3n) is 4.50. The van der Waals surface area contributed by atoms with Crippen molar-refractivity contribution in [3.63, 3.8) is 0 Å². The Morgan fingerprint density at radius 2 is 1.93 bits per heavy atom. The lowest BCUT2D eigenvalue weighted by Crippen LogP contribution is -2.41. The van der Waals surface area contributed by atoms with Gasteiger partial charge >= 0.3 is 0 Å². The van der Waals surface area contributed by atoms with Crippen LogP contribution in [0.25, 0.3) is 0 Å². The standard InChI is InChI=1S/C21H35N3O3/c1-5-26-19-10-9-17(15-20(19)27-6-2)11-12-23-21(22-3)24(4)13-14-25-16-18-7-8-18/h9-10,15,18H,5-8,11-14,16H2,1-4H3,(H,22,23). The van der Waals surface area contributed by atoms with Gasteiger partial charge < -0.3 is 24.4 Å². The molecule has 6 heteroatoms. The van der Waals surface area contributed by atoms with Crippen LogP contribution in [0.15, 0.2) is 23.2 Å². The molecular weight excluding hydrogens is 342 g/mol. The second-order valence-electron chi connectivity index (χ2n) is 6.81. The zero-order valence-electron chi connectivity index (χ0n) is 17.3. The van der Waals surface area contributed by atoms with Crippen LogP contribution in [0.5, 0.6) is 11.5 Å². The van der Waals surface area contributed by atoms with Crippen LogP contribution in [0.1, 0.15) is 32.3 Å². The molecule has 0 radical (unpaired) electrons. The van der Waals surface area contributed by atoms with Gasteiger partial charge in [0.25, 0.3) is 0 Å². The van der Waals surface area contributed by atoms with Crippen molar-refractivity contribution in [3.8, 4) is 11.5 Å². The minimum Gasteiger partial charge on any atom is -0.490 e. The lowest BCUT2D eigenvalue weighted by molar-refractivity contribution is 0.115. The van der Waals surface area contributed by atoms with Crippen LogP contribution in [0.4, 0.5) is 0 Å². The number of likely N-dealkylation sites (N-methyl/N-ethyl adjacent to an activating group) is 1. The number of hydrogen-bond acceptors (Lipinski definition) is 4. The monoisotopic (exact) mass is 377 g/mol. The van der Waals surface area contributed by atoms with Crippen LogP contribution in [-0.4, -0.2) is 64.5 Å². The largest absolute Gasteiger partial charge is 0.490 e. The third kappa shape index (κ3) is 7.67. The Labute approximate surface area is 163 Å². The van der Waals surface area contributed by atoms with Crippen molar-refractivity contribution in [2.24, 2.45) is 10.9 Å². The molecule has 1 aromatic carbocycles. The van der Waals surface area contributed by atoms with E-state index in [1.54, 1.807) is 0 Å². The maximum atomic E-state index is 5.71. The third-order valence-corrected chi connectivity index (χ3v) is 4.50. The molecule has 0 amide bonds. The summed E-state index contributed by atoms with van der Waals surface area (Å²) in [5.41, 5.74) is 1.21. The molecule has 0 heterocycles. The Balaban J connectivity index is 1.76. The molecule has 0 atom stereocenters. The summed E-state index contributed by atoms with van der Waals surface area (Å²) in [5.74, 6) is 3.31. The van der Waals surface area contributed by atoms with Gasteiger partial charge in [0.15, 0.2) is 17.5 Å². The molecule has 0 unspecified atom stereocenters. The summed E-state index contributed by atoms with van der Waals surface area (Å²) in [6, 6.07) is 6.14. The first-order chi connectivity index (χ1) is 13.2. The predicted molar refractivity (Wildman–Crippen MR) is 110 cm³/mol. The quantitative estimate of drug-likeness (QED) is 0.345. The summed E-state index contributed by atoms with van der Waals surface area (Å²) < 4.78 is 17.0. The number of nitrogens with one attached hydrogen (secondary N) is 1. The second kappa shape index (κ2) is 11.7. The Morgan fingerprint density at radius 1 is 1.19 bits per heavy atom. The van der Waals surface area contributed by atoms with E-state index in [0.717, 1.165) is 56.1 Å². The first-order valence-electron chi connectivity index (χ1n) is 10.1. The molecule has 0 bridgehead atoms. The number of hydrogen-bond donors (Lipinski definition) is 1. The van der Waals surface area contributed by atoms with Gasteiger partial charge in [0, 0.05) is 33.8 Å². The molecule has 0 spiro atoms. The van der Waals surface area contributed by atoms with Crippen molar-refractivity contribution >= 4 is 5.96 Å². The van der Waals surface area contributed by atoms with Gasteiger partial charge in [0.1, 0.15) is 0 Å². The number of aliphatic imine (C=N–C) groups is 1. The van der Waals surface area contributed by atoms with Crippen LogP contribution in [0.2, 0.25) is 0 Å². The van der Waals surface area contributed by atoms with Gasteiger partial charge in [-0.3, -0.25) is 4.99 Å². The first kappa shape index (κ1) is 21.4. The van der Waals surface area contributed by atoms with Crippen LogP contribution in [0.3, 0.4) is 0 Å². The average molecular weight is 378 g/mol. The molecule has 1 N–H and O–H groups in total. The van der Waals surface area contributed by atoms with E-state index in [-0.39, 0.29) is 0 Å². The average Bonchev–Trinajstić information content (AvgIpc) is 3.49. The van der Waals surface area contributed by atoms with Gasteiger partial charge in [-0.25, -0.2) is 0 Å². The van der Waals surface area contributed by atoms with Crippen LogP contribution in [0, 0.1) is 5.92 Å². The SMILES string of the molecule is CCOc1ccc(CCNC(=NC)N(C)CCOCC2CC2)cc1OCC. The highest BCUT2D eigenvalue weighted by Crippen LogP contribution is 2.29. The molecule has 27 heavy (non-hydrogen) atoms. The minimum absolute atomic E-state index is 0.627. The summed E-state index contributed by atoms with van der Waals surface area (Å²) in [6.45, 7) is 8.51. The summed E-state index contributed by atoms with van der Waals surface area (Å²) >= 11 is 0. The molecule has 0 aliphatic heterocycles. The number of nitrogens with zero attached hydrogens (tertiary/aromatic N) is 2. The number of guanidine groups is 1. The molecule has 1 fully saturated rings. The molecule has 2 rings (SSSR count). The van der Waals surface area contributed by atoms with Crippen molar-refractivity contribution in [3.05, 3.63) is 23.8 Å². The highest BCUT2D eigenvalue weighted by atomic mass is 16.5. The first-order valence-corrected chi connectivity index (χ1v) is 10.1. The predicted octanol–water partition coefficient (Wildman–Crippen LogP) is 2.96. The van der Waals surface area contributed by atoms with Crippen LogP contribution >= 0.6 is 0 Å². The molecule has 6 nitrogen and oxygen atoms in total. The van der Waals surface area contributed by atoms with Crippen molar-refractivity contribution in [1.29, 1.82) is 0 Å². The Kier molecular flexibility index (Phi) is 9.25. The normalized spacial score (nSPS) is 14.1. The van der Waals surface area contributed by atoms with Gasteiger partial charge in [-0.1, -0.05) is 6.07 Å². The lowest BCUT2D eigenvalue weighted by atomic mass is 10.1. The summed E-state index contributed by atoms with van der Waals surface area (Å²) in [7, 11) is 3.86. The van der Waals surface area contributed by atoms with E-state index in [2.05, 4.69) is 27.3 Å². The summed E-state index contributed by atoms with van der Waals surface area (Å²) in [5, 5.41) is 3.42. The molecule has 0 aromatic heterocycles. The lowest BCUT2D eigenvalue weighted by Gasteiger charge is -2.22. The molecule has 1 aliphatic rings. The fourth-order valence-corrected chi connectivity index (χ4v) is 2.80.